The van der Waals surface area contributed by atoms with E-state index in [1.807, 2.05) is 32.0 Å². The van der Waals surface area contributed by atoms with Crippen molar-refractivity contribution in [1.29, 1.82) is 0 Å². The number of carboxylic acid groups (broad SMARTS) is 1. The lowest BCUT2D eigenvalue weighted by Gasteiger charge is -2.43. The summed E-state index contributed by atoms with van der Waals surface area (Å²) in [6.45, 7) is 3.71. The number of amides is 1. The van der Waals surface area contributed by atoms with E-state index >= 15 is 0 Å². The van der Waals surface area contributed by atoms with Gasteiger partial charge in [-0.05, 0) is 32.0 Å². The number of carboxylic acids is 1. The lowest BCUT2D eigenvalue weighted by atomic mass is 9.96. The highest BCUT2D eigenvalue weighted by Gasteiger charge is 2.64. The van der Waals surface area contributed by atoms with Gasteiger partial charge < -0.3 is 15.3 Å². The molecule has 2 aromatic rings. The number of carbonyl (C=O) groups is 2. The summed E-state index contributed by atoms with van der Waals surface area (Å²) in [4.78, 5) is 34.1. The predicted molar refractivity (Wildman–Crippen MR) is 98.4 cm³/mol. The third-order valence-electron chi connectivity index (χ3n) is 4.56. The van der Waals surface area contributed by atoms with Crippen molar-refractivity contribution in [2.24, 2.45) is 0 Å². The number of benzene rings is 1. The Morgan fingerprint density at radius 1 is 1.40 bits per heavy atom. The van der Waals surface area contributed by atoms with Crippen molar-refractivity contribution in [2.75, 3.05) is 5.32 Å². The highest BCUT2D eigenvalue weighted by atomic mass is 79.9. The third kappa shape index (κ3) is 2.48. The molecule has 3 unspecified atom stereocenters. The standard InChI is InChI=1S/C16H15BrN4O3S/c1-16(2)11(15(23)24)21-13(22)10(14(21)25-16)20-12-8-5-7(17)3-4-9(8)18-6-19-12/h3-6,10-11,14H,1-2H3,(H,23,24)(H,18,19,20). The molecular weight excluding hydrogens is 408 g/mol. The normalized spacial score (nSPS) is 27.1. The molecule has 2 aliphatic rings. The Hall–Kier alpha value is -1.87. The van der Waals surface area contributed by atoms with Gasteiger partial charge in [0, 0.05) is 14.6 Å². The Bertz CT molecular complexity index is 906. The fraction of sp³-hybridized carbons (Fsp3) is 0.375. The van der Waals surface area contributed by atoms with Gasteiger partial charge in [-0.25, -0.2) is 14.8 Å². The van der Waals surface area contributed by atoms with Crippen LogP contribution in [0.25, 0.3) is 10.9 Å². The van der Waals surface area contributed by atoms with Crippen molar-refractivity contribution in [2.45, 2.75) is 36.1 Å². The van der Waals surface area contributed by atoms with E-state index in [1.165, 1.54) is 23.0 Å². The van der Waals surface area contributed by atoms with Gasteiger partial charge in [0.15, 0.2) is 0 Å². The zero-order chi connectivity index (χ0) is 17.9. The van der Waals surface area contributed by atoms with Crippen molar-refractivity contribution < 1.29 is 14.7 Å². The third-order valence-corrected chi connectivity index (χ3v) is 6.63. The molecule has 2 fully saturated rings. The molecule has 3 atom stereocenters. The molecule has 1 aromatic heterocycles. The number of halogens is 1. The summed E-state index contributed by atoms with van der Waals surface area (Å²) in [6, 6.07) is 4.34. The molecular formula is C16H15BrN4O3S. The van der Waals surface area contributed by atoms with E-state index in [2.05, 4.69) is 31.2 Å². The van der Waals surface area contributed by atoms with Gasteiger partial charge in [-0.2, -0.15) is 0 Å². The molecule has 2 aliphatic heterocycles. The SMILES string of the molecule is CC1(C)SC2C(Nc3ncnc4ccc(Br)cc34)C(=O)N2C1C(=O)O. The number of aliphatic carboxylic acids is 1. The zero-order valence-electron chi connectivity index (χ0n) is 13.4. The van der Waals surface area contributed by atoms with Gasteiger partial charge in [0.25, 0.3) is 0 Å². The quantitative estimate of drug-likeness (QED) is 0.732. The van der Waals surface area contributed by atoms with Crippen LogP contribution in [0.15, 0.2) is 29.0 Å². The molecule has 0 radical (unpaired) electrons. The minimum Gasteiger partial charge on any atom is -0.480 e. The van der Waals surface area contributed by atoms with Gasteiger partial charge in [-0.15, -0.1) is 11.8 Å². The number of thioether (sulfide) groups is 1. The van der Waals surface area contributed by atoms with Crippen molar-refractivity contribution in [3.8, 4) is 0 Å². The fourth-order valence-electron chi connectivity index (χ4n) is 3.44. The van der Waals surface area contributed by atoms with Crippen molar-refractivity contribution in [3.63, 3.8) is 0 Å². The van der Waals surface area contributed by atoms with E-state index in [0.717, 1.165) is 15.4 Å². The Balaban J connectivity index is 1.65. The Labute approximate surface area is 156 Å². The maximum atomic E-state index is 12.6. The lowest BCUT2D eigenvalue weighted by molar-refractivity contribution is -0.158. The first-order valence-corrected chi connectivity index (χ1v) is 9.36. The van der Waals surface area contributed by atoms with Gasteiger partial charge >= 0.3 is 5.97 Å². The number of hydrogen-bond acceptors (Lipinski definition) is 6. The lowest BCUT2D eigenvalue weighted by Crippen LogP contribution is -2.68. The van der Waals surface area contributed by atoms with Crippen LogP contribution in [0.4, 0.5) is 5.82 Å². The maximum Gasteiger partial charge on any atom is 0.327 e. The smallest absolute Gasteiger partial charge is 0.327 e. The molecule has 130 valence electrons. The van der Waals surface area contributed by atoms with Crippen molar-refractivity contribution >= 4 is 56.3 Å². The second-order valence-corrected chi connectivity index (χ2v) is 9.29. The molecule has 25 heavy (non-hydrogen) atoms. The maximum absolute atomic E-state index is 12.6. The van der Waals surface area contributed by atoms with Crippen LogP contribution in [0.5, 0.6) is 0 Å². The minimum absolute atomic E-state index is 0.211. The summed E-state index contributed by atoms with van der Waals surface area (Å²) in [7, 11) is 0. The van der Waals surface area contributed by atoms with Gasteiger partial charge in [0.05, 0.1) is 5.52 Å². The Kier molecular flexibility index (Phi) is 3.69. The molecule has 1 aromatic carbocycles. The van der Waals surface area contributed by atoms with Crippen LogP contribution in [0.3, 0.4) is 0 Å². The molecule has 9 heteroatoms. The number of aromatic nitrogens is 2. The van der Waals surface area contributed by atoms with Crippen LogP contribution in [-0.4, -0.2) is 54.1 Å². The molecule has 1 amide bonds. The molecule has 0 bridgehead atoms. The summed E-state index contributed by atoms with van der Waals surface area (Å²) in [5.41, 5.74) is 0.771. The number of anilines is 1. The van der Waals surface area contributed by atoms with Crippen molar-refractivity contribution in [1.82, 2.24) is 14.9 Å². The molecule has 0 spiro atoms. The topological polar surface area (TPSA) is 95.4 Å². The molecule has 2 saturated heterocycles. The van der Waals surface area contributed by atoms with Crippen LogP contribution in [-0.2, 0) is 9.59 Å². The Morgan fingerprint density at radius 2 is 2.16 bits per heavy atom. The second-order valence-electron chi connectivity index (χ2n) is 6.60. The van der Waals surface area contributed by atoms with Crippen LogP contribution in [0.2, 0.25) is 0 Å². The summed E-state index contributed by atoms with van der Waals surface area (Å²) in [6.07, 6.45) is 1.45. The second kappa shape index (κ2) is 5.57. The van der Waals surface area contributed by atoms with Gasteiger partial charge in [0.1, 0.15) is 29.6 Å². The summed E-state index contributed by atoms with van der Waals surface area (Å²) in [5, 5.41) is 13.3. The first kappa shape index (κ1) is 16.6. The van der Waals surface area contributed by atoms with Gasteiger partial charge in [0.2, 0.25) is 5.91 Å². The van der Waals surface area contributed by atoms with Gasteiger partial charge in [-0.3, -0.25) is 4.79 Å². The number of nitrogens with zero attached hydrogens (tertiary/aromatic N) is 3. The zero-order valence-corrected chi connectivity index (χ0v) is 15.8. The molecule has 0 aliphatic carbocycles. The van der Waals surface area contributed by atoms with E-state index in [0.29, 0.717) is 5.82 Å². The monoisotopic (exact) mass is 422 g/mol. The number of hydrogen-bond donors (Lipinski definition) is 2. The van der Waals surface area contributed by atoms with E-state index < -0.39 is 22.8 Å². The molecule has 7 nitrogen and oxygen atoms in total. The number of β-lactam (4-membered cyclic amide) rings is 1. The van der Waals surface area contributed by atoms with Crippen molar-refractivity contribution in [3.05, 3.63) is 29.0 Å². The molecule has 3 heterocycles. The minimum atomic E-state index is -0.969. The summed E-state index contributed by atoms with van der Waals surface area (Å²) in [5.74, 6) is -0.609. The number of carbonyl (C=O) groups excluding carboxylic acids is 1. The largest absolute Gasteiger partial charge is 0.480 e. The fourth-order valence-corrected chi connectivity index (χ4v) is 5.42. The van der Waals surface area contributed by atoms with Crippen LogP contribution in [0.1, 0.15) is 13.8 Å². The molecule has 0 saturated carbocycles. The number of rotatable bonds is 3. The summed E-state index contributed by atoms with van der Waals surface area (Å²) >= 11 is 4.93. The Morgan fingerprint density at radius 3 is 2.88 bits per heavy atom. The first-order chi connectivity index (χ1) is 11.8. The van der Waals surface area contributed by atoms with E-state index in [9.17, 15) is 14.7 Å². The van der Waals surface area contributed by atoms with Crippen LogP contribution < -0.4 is 5.32 Å². The van der Waals surface area contributed by atoms with Crippen LogP contribution >= 0.6 is 27.7 Å². The predicted octanol–water partition coefficient (Wildman–Crippen LogP) is 2.32. The first-order valence-electron chi connectivity index (χ1n) is 7.69. The number of fused-ring (bicyclic) bond motifs is 2. The average molecular weight is 423 g/mol. The van der Waals surface area contributed by atoms with E-state index in [4.69, 9.17) is 0 Å². The summed E-state index contributed by atoms with van der Waals surface area (Å²) < 4.78 is 0.348. The van der Waals surface area contributed by atoms with Crippen LogP contribution in [0, 0.1) is 0 Å². The highest BCUT2D eigenvalue weighted by Crippen LogP contribution is 2.51. The average Bonchev–Trinajstić information content (AvgIpc) is 2.81. The highest BCUT2D eigenvalue weighted by molar-refractivity contribution is 9.10. The van der Waals surface area contributed by atoms with E-state index in [-0.39, 0.29) is 11.3 Å². The van der Waals surface area contributed by atoms with E-state index in [1.54, 1.807) is 0 Å². The number of nitrogens with one attached hydrogen (secondary N) is 1. The van der Waals surface area contributed by atoms with Gasteiger partial charge in [-0.1, -0.05) is 15.9 Å². The molecule has 2 N–H and O–H groups in total. The molecule has 4 rings (SSSR count).